The molecule has 1 aromatic rings. The minimum atomic E-state index is -4.77. The molecule has 0 spiro atoms. The second kappa shape index (κ2) is 5.31. The van der Waals surface area contributed by atoms with Crippen LogP contribution in [0.1, 0.15) is 17.3 Å². The number of esters is 1. The normalized spacial score (nSPS) is 11.1. The first-order chi connectivity index (χ1) is 7.83. The van der Waals surface area contributed by atoms with Gasteiger partial charge in [-0.15, -0.1) is 25.8 Å². The number of hydrogen-bond acceptors (Lipinski definition) is 4. The molecule has 1 rings (SSSR count). The maximum atomic E-state index is 11.9. The van der Waals surface area contributed by atoms with Crippen LogP contribution >= 0.6 is 12.6 Å². The van der Waals surface area contributed by atoms with Gasteiger partial charge in [-0.3, -0.25) is 0 Å². The van der Waals surface area contributed by atoms with Gasteiger partial charge in [-0.2, -0.15) is 0 Å². The second-order valence-electron chi connectivity index (χ2n) is 2.95. The van der Waals surface area contributed by atoms with E-state index in [1.54, 1.807) is 6.92 Å². The van der Waals surface area contributed by atoms with Crippen molar-refractivity contribution in [1.82, 2.24) is 0 Å². The van der Waals surface area contributed by atoms with E-state index in [-0.39, 0.29) is 17.1 Å². The zero-order valence-electron chi connectivity index (χ0n) is 8.75. The fourth-order valence-corrected chi connectivity index (χ4v) is 1.38. The van der Waals surface area contributed by atoms with Crippen molar-refractivity contribution in [3.63, 3.8) is 0 Å². The van der Waals surface area contributed by atoms with Crippen LogP contribution in [-0.2, 0) is 4.74 Å². The molecule has 0 bridgehead atoms. The molecule has 0 N–H and O–H groups in total. The molecule has 3 nitrogen and oxygen atoms in total. The van der Waals surface area contributed by atoms with E-state index in [0.717, 1.165) is 12.1 Å². The average molecular weight is 266 g/mol. The van der Waals surface area contributed by atoms with Gasteiger partial charge in [0.1, 0.15) is 5.75 Å². The highest BCUT2D eigenvalue weighted by Crippen LogP contribution is 2.26. The highest BCUT2D eigenvalue weighted by molar-refractivity contribution is 7.80. The molecular formula is C10H9F3O3S. The molecule has 0 aliphatic carbocycles. The Labute approximate surface area is 101 Å². The maximum Gasteiger partial charge on any atom is 0.573 e. The Bertz CT molecular complexity index is 418. The molecule has 1 aromatic carbocycles. The number of alkyl halides is 3. The van der Waals surface area contributed by atoms with Gasteiger partial charge in [-0.1, -0.05) is 0 Å². The van der Waals surface area contributed by atoms with Crippen LogP contribution in [0, 0.1) is 0 Å². The standard InChI is InChI=1S/C10H9F3O3S/c1-2-15-9(14)7-4-3-6(5-8(7)17)16-10(11,12)13/h3-5,17H,2H2,1H3. The summed E-state index contributed by atoms with van der Waals surface area (Å²) in [6, 6.07) is 3.20. The Balaban J connectivity index is 2.90. The lowest BCUT2D eigenvalue weighted by atomic mass is 10.2. The Kier molecular flexibility index (Phi) is 4.28. The van der Waals surface area contributed by atoms with Crippen LogP contribution in [0.15, 0.2) is 23.1 Å². The summed E-state index contributed by atoms with van der Waals surface area (Å²) in [6.07, 6.45) is -4.77. The largest absolute Gasteiger partial charge is 0.573 e. The monoisotopic (exact) mass is 266 g/mol. The highest BCUT2D eigenvalue weighted by Gasteiger charge is 2.31. The summed E-state index contributed by atoms with van der Waals surface area (Å²) in [7, 11) is 0. The fraction of sp³-hybridized carbons (Fsp3) is 0.300. The summed E-state index contributed by atoms with van der Waals surface area (Å²) >= 11 is 3.90. The number of ether oxygens (including phenoxy) is 2. The van der Waals surface area contributed by atoms with Gasteiger partial charge in [0.05, 0.1) is 12.2 Å². The SMILES string of the molecule is CCOC(=O)c1ccc(OC(F)(F)F)cc1S. The molecule has 0 atom stereocenters. The summed E-state index contributed by atoms with van der Waals surface area (Å²) in [5.74, 6) is -1.08. The summed E-state index contributed by atoms with van der Waals surface area (Å²) in [5, 5.41) is 0. The van der Waals surface area contributed by atoms with Crippen molar-refractivity contribution in [2.45, 2.75) is 18.2 Å². The van der Waals surface area contributed by atoms with Crippen molar-refractivity contribution < 1.29 is 27.4 Å². The van der Waals surface area contributed by atoms with Crippen LogP contribution in [-0.4, -0.2) is 18.9 Å². The van der Waals surface area contributed by atoms with E-state index in [1.807, 2.05) is 0 Å². The predicted molar refractivity (Wildman–Crippen MR) is 56.3 cm³/mol. The number of thiol groups is 1. The van der Waals surface area contributed by atoms with Gasteiger partial charge in [-0.05, 0) is 25.1 Å². The molecule has 0 saturated carbocycles. The molecule has 7 heteroatoms. The van der Waals surface area contributed by atoms with Crippen molar-refractivity contribution in [2.24, 2.45) is 0 Å². The van der Waals surface area contributed by atoms with E-state index < -0.39 is 18.1 Å². The van der Waals surface area contributed by atoms with E-state index in [4.69, 9.17) is 4.74 Å². The van der Waals surface area contributed by atoms with Gasteiger partial charge in [0.2, 0.25) is 0 Å². The molecule has 0 radical (unpaired) electrons. The minimum Gasteiger partial charge on any atom is -0.462 e. The first-order valence-corrected chi connectivity index (χ1v) is 5.04. The van der Waals surface area contributed by atoms with Crippen LogP contribution < -0.4 is 4.74 Å². The predicted octanol–water partition coefficient (Wildman–Crippen LogP) is 3.05. The third-order valence-electron chi connectivity index (χ3n) is 1.70. The first kappa shape index (κ1) is 13.7. The molecule has 0 fully saturated rings. The lowest BCUT2D eigenvalue weighted by molar-refractivity contribution is -0.274. The Morgan fingerprint density at radius 1 is 1.41 bits per heavy atom. The van der Waals surface area contributed by atoms with Gasteiger partial charge in [0.15, 0.2) is 0 Å². The van der Waals surface area contributed by atoms with E-state index in [9.17, 15) is 18.0 Å². The van der Waals surface area contributed by atoms with Crippen molar-refractivity contribution in [3.8, 4) is 5.75 Å². The Hall–Kier alpha value is -1.37. The average Bonchev–Trinajstić information content (AvgIpc) is 2.15. The van der Waals surface area contributed by atoms with Crippen LogP contribution in [0.5, 0.6) is 5.75 Å². The van der Waals surface area contributed by atoms with Gasteiger partial charge in [0, 0.05) is 4.90 Å². The third-order valence-corrected chi connectivity index (χ3v) is 2.07. The zero-order valence-corrected chi connectivity index (χ0v) is 9.64. The molecule has 0 saturated heterocycles. The number of halogens is 3. The Morgan fingerprint density at radius 2 is 2.06 bits per heavy atom. The first-order valence-electron chi connectivity index (χ1n) is 4.59. The zero-order chi connectivity index (χ0) is 13.1. The summed E-state index contributed by atoms with van der Waals surface area (Å²) < 4.78 is 44.1. The quantitative estimate of drug-likeness (QED) is 0.674. The van der Waals surface area contributed by atoms with Gasteiger partial charge >= 0.3 is 12.3 Å². The van der Waals surface area contributed by atoms with Gasteiger partial charge in [0.25, 0.3) is 0 Å². The third kappa shape index (κ3) is 4.18. The van der Waals surface area contributed by atoms with E-state index in [1.165, 1.54) is 6.07 Å². The summed E-state index contributed by atoms with van der Waals surface area (Å²) in [4.78, 5) is 11.4. The fourth-order valence-electron chi connectivity index (χ4n) is 1.09. The van der Waals surface area contributed by atoms with Crippen molar-refractivity contribution in [3.05, 3.63) is 23.8 Å². The molecule has 0 aliphatic heterocycles. The number of carbonyl (C=O) groups excluding carboxylic acids is 1. The number of carbonyl (C=O) groups is 1. The summed E-state index contributed by atoms with van der Waals surface area (Å²) in [5.41, 5.74) is 0.0877. The topological polar surface area (TPSA) is 35.5 Å². The van der Waals surface area contributed by atoms with E-state index in [0.29, 0.717) is 0 Å². The number of hydrogen-bond donors (Lipinski definition) is 1. The highest BCUT2D eigenvalue weighted by atomic mass is 32.1. The second-order valence-corrected chi connectivity index (χ2v) is 3.43. The van der Waals surface area contributed by atoms with Crippen molar-refractivity contribution in [2.75, 3.05) is 6.61 Å². The van der Waals surface area contributed by atoms with E-state index >= 15 is 0 Å². The van der Waals surface area contributed by atoms with Crippen molar-refractivity contribution in [1.29, 1.82) is 0 Å². The number of rotatable bonds is 3. The molecular weight excluding hydrogens is 257 g/mol. The molecule has 0 heterocycles. The molecule has 94 valence electrons. The Morgan fingerprint density at radius 3 is 2.53 bits per heavy atom. The minimum absolute atomic E-state index is 0.0604. The van der Waals surface area contributed by atoms with E-state index in [2.05, 4.69) is 17.4 Å². The van der Waals surface area contributed by atoms with Crippen molar-refractivity contribution >= 4 is 18.6 Å². The summed E-state index contributed by atoms with van der Waals surface area (Å²) in [6.45, 7) is 1.80. The maximum absolute atomic E-state index is 11.9. The van der Waals surface area contributed by atoms with Crippen LogP contribution in [0.2, 0.25) is 0 Å². The lowest BCUT2D eigenvalue weighted by Crippen LogP contribution is -2.17. The molecule has 0 aromatic heterocycles. The molecule has 17 heavy (non-hydrogen) atoms. The number of benzene rings is 1. The molecule has 0 amide bonds. The lowest BCUT2D eigenvalue weighted by Gasteiger charge is -2.10. The molecule has 0 unspecified atom stereocenters. The van der Waals surface area contributed by atoms with Crippen LogP contribution in [0.3, 0.4) is 0 Å². The molecule has 0 aliphatic rings. The van der Waals surface area contributed by atoms with Crippen LogP contribution in [0.25, 0.3) is 0 Å². The van der Waals surface area contributed by atoms with Gasteiger partial charge < -0.3 is 9.47 Å². The smallest absolute Gasteiger partial charge is 0.462 e. The van der Waals surface area contributed by atoms with Gasteiger partial charge in [-0.25, -0.2) is 4.79 Å². The van der Waals surface area contributed by atoms with Crippen LogP contribution in [0.4, 0.5) is 13.2 Å².